The third-order valence-electron chi connectivity index (χ3n) is 7.88. The third-order valence-corrected chi connectivity index (χ3v) is 9.06. The molecule has 48 heavy (non-hydrogen) atoms. The van der Waals surface area contributed by atoms with Gasteiger partial charge in [0.2, 0.25) is 21.9 Å². The number of likely N-dealkylation sites (tertiary alicyclic amines) is 1. The molecule has 1 saturated heterocycles. The Kier molecular flexibility index (Phi) is 9.04. The number of fused-ring (bicyclic) bond motifs is 1. The van der Waals surface area contributed by atoms with Crippen LogP contribution in [0.4, 0.5) is 29.6 Å². The summed E-state index contributed by atoms with van der Waals surface area (Å²) in [6.07, 6.45) is 3.53. The fourth-order valence-corrected chi connectivity index (χ4v) is 6.79. The number of anilines is 2. The lowest BCUT2D eigenvalue weighted by Crippen LogP contribution is -2.44. The van der Waals surface area contributed by atoms with E-state index < -0.39 is 50.6 Å². The second-order valence-electron chi connectivity index (χ2n) is 11.2. The normalized spacial score (nSPS) is 14.9. The van der Waals surface area contributed by atoms with Crippen molar-refractivity contribution in [1.29, 1.82) is 0 Å². The number of aromatic nitrogens is 3. The highest BCUT2D eigenvalue weighted by Gasteiger charge is 2.25. The number of nitrogens with zero attached hydrogens (tertiary/aromatic N) is 4. The number of amides is 1. The number of piperidine rings is 1. The van der Waals surface area contributed by atoms with Crippen molar-refractivity contribution in [3.8, 4) is 22.9 Å². The highest BCUT2D eigenvalue weighted by Crippen LogP contribution is 2.40. The SMILES string of the molecule is Cc1ccc2c(NS(=O)(=O)Cc3c(F)cccc3F)c(F)ccc2c1Oc1ncccc1-c1ccnc(NC2CCCN(C(=O)O)C2)n1. The number of rotatable bonds is 9. The summed E-state index contributed by atoms with van der Waals surface area (Å²) in [6, 6.07) is 13.5. The first-order valence-corrected chi connectivity index (χ1v) is 16.5. The molecule has 6 rings (SSSR count). The predicted molar refractivity (Wildman–Crippen MR) is 173 cm³/mol. The minimum Gasteiger partial charge on any atom is -0.465 e. The van der Waals surface area contributed by atoms with Crippen LogP contribution in [0.1, 0.15) is 24.0 Å². The second-order valence-corrected chi connectivity index (χ2v) is 12.9. The average molecular weight is 679 g/mol. The molecule has 0 aliphatic carbocycles. The molecular weight excluding hydrogens is 649 g/mol. The molecule has 0 radical (unpaired) electrons. The van der Waals surface area contributed by atoms with E-state index in [4.69, 9.17) is 4.74 Å². The zero-order valence-electron chi connectivity index (χ0n) is 25.5. The van der Waals surface area contributed by atoms with Gasteiger partial charge in [-0.1, -0.05) is 18.2 Å². The van der Waals surface area contributed by atoms with E-state index in [1.54, 1.807) is 37.4 Å². The van der Waals surface area contributed by atoms with Crippen LogP contribution < -0.4 is 14.8 Å². The summed E-state index contributed by atoms with van der Waals surface area (Å²) < 4.78 is 78.1. The number of halogens is 3. The number of hydrogen-bond donors (Lipinski definition) is 3. The summed E-state index contributed by atoms with van der Waals surface area (Å²) in [5, 5.41) is 13.1. The number of carboxylic acid groups (broad SMARTS) is 1. The largest absolute Gasteiger partial charge is 0.465 e. The smallest absolute Gasteiger partial charge is 0.407 e. The maximum atomic E-state index is 15.2. The topological polar surface area (TPSA) is 147 Å². The van der Waals surface area contributed by atoms with Crippen LogP contribution in [0.25, 0.3) is 22.0 Å². The lowest BCUT2D eigenvalue weighted by molar-refractivity contribution is 0.132. The molecular formula is C33H29F3N6O5S. The molecule has 0 bridgehead atoms. The average Bonchev–Trinajstić information content (AvgIpc) is 3.06. The molecule has 1 unspecified atom stereocenters. The first-order chi connectivity index (χ1) is 23.0. The Morgan fingerprint density at radius 3 is 2.52 bits per heavy atom. The van der Waals surface area contributed by atoms with Crippen molar-refractivity contribution in [3.05, 3.63) is 102 Å². The number of nitrogens with one attached hydrogen (secondary N) is 2. The first-order valence-electron chi connectivity index (χ1n) is 14.8. The monoisotopic (exact) mass is 678 g/mol. The summed E-state index contributed by atoms with van der Waals surface area (Å²) in [5.41, 5.74) is 0.492. The van der Waals surface area contributed by atoms with Gasteiger partial charge in [-0.25, -0.2) is 41.3 Å². The molecule has 1 amide bonds. The minimum atomic E-state index is -4.47. The number of benzene rings is 3. The molecule has 15 heteroatoms. The zero-order chi connectivity index (χ0) is 34.0. The molecule has 3 aromatic carbocycles. The molecule has 5 aromatic rings. The van der Waals surface area contributed by atoms with Gasteiger partial charge in [0.1, 0.15) is 29.0 Å². The molecule has 1 fully saturated rings. The lowest BCUT2D eigenvalue weighted by Gasteiger charge is -2.31. The Bertz CT molecular complexity index is 2120. The number of sulfonamides is 1. The number of carbonyl (C=O) groups is 1. The highest BCUT2D eigenvalue weighted by molar-refractivity contribution is 7.91. The number of aryl methyl sites for hydroxylation is 1. The molecule has 3 heterocycles. The van der Waals surface area contributed by atoms with Crippen LogP contribution in [0.2, 0.25) is 0 Å². The Balaban J connectivity index is 1.31. The van der Waals surface area contributed by atoms with Crippen molar-refractivity contribution >= 4 is 38.5 Å². The number of hydrogen-bond acceptors (Lipinski definition) is 8. The Labute approximate surface area is 273 Å². The molecule has 11 nitrogen and oxygen atoms in total. The molecule has 2 aromatic heterocycles. The zero-order valence-corrected chi connectivity index (χ0v) is 26.3. The lowest BCUT2D eigenvalue weighted by atomic mass is 10.0. The van der Waals surface area contributed by atoms with Crippen LogP contribution in [0.3, 0.4) is 0 Å². The van der Waals surface area contributed by atoms with Gasteiger partial charge < -0.3 is 20.1 Å². The van der Waals surface area contributed by atoms with Gasteiger partial charge in [0, 0.05) is 47.9 Å². The van der Waals surface area contributed by atoms with Gasteiger partial charge >= 0.3 is 6.09 Å². The summed E-state index contributed by atoms with van der Waals surface area (Å²) in [4.78, 5) is 26.1. The van der Waals surface area contributed by atoms with Gasteiger partial charge in [0.15, 0.2) is 0 Å². The predicted octanol–water partition coefficient (Wildman–Crippen LogP) is 6.71. The van der Waals surface area contributed by atoms with Crippen molar-refractivity contribution in [3.63, 3.8) is 0 Å². The standard InChI is InChI=1S/C33H29F3N6O5S/c1-19-9-10-21-22(11-12-27(36)29(21)41-48(45,46)18-24-25(34)7-2-8-26(24)35)30(19)47-31-23(6-3-14-37-31)28-13-15-38-32(40-28)39-20-5-4-16-42(17-20)33(43)44/h2-3,6-15,20,41H,4-5,16-18H2,1H3,(H,43,44)(H,38,39,40). The van der Waals surface area contributed by atoms with E-state index in [0.29, 0.717) is 47.7 Å². The molecule has 1 atom stereocenters. The Hall–Kier alpha value is -5.44. The molecule has 1 aliphatic rings. The van der Waals surface area contributed by atoms with E-state index in [1.807, 2.05) is 0 Å². The Morgan fingerprint density at radius 2 is 1.75 bits per heavy atom. The fraction of sp³-hybridized carbons (Fsp3) is 0.212. The van der Waals surface area contributed by atoms with Gasteiger partial charge in [-0.2, -0.15) is 0 Å². The molecule has 248 valence electrons. The first kappa shape index (κ1) is 32.5. The summed E-state index contributed by atoms with van der Waals surface area (Å²) in [7, 11) is -4.47. The minimum absolute atomic E-state index is 0.141. The molecule has 1 aliphatic heterocycles. The van der Waals surface area contributed by atoms with E-state index in [0.717, 1.165) is 30.7 Å². The van der Waals surface area contributed by atoms with Crippen molar-refractivity contribution < 1.29 is 36.2 Å². The van der Waals surface area contributed by atoms with Gasteiger partial charge in [0.25, 0.3) is 0 Å². The second kappa shape index (κ2) is 13.4. The number of pyridine rings is 1. The van der Waals surface area contributed by atoms with Crippen LogP contribution in [0.5, 0.6) is 11.6 Å². The van der Waals surface area contributed by atoms with E-state index in [2.05, 4.69) is 25.0 Å². The van der Waals surface area contributed by atoms with Crippen LogP contribution in [-0.4, -0.2) is 58.6 Å². The van der Waals surface area contributed by atoms with Crippen LogP contribution in [0.15, 0.2) is 73.1 Å². The third kappa shape index (κ3) is 6.95. The van der Waals surface area contributed by atoms with Gasteiger partial charge in [-0.3, -0.25) is 4.72 Å². The summed E-state index contributed by atoms with van der Waals surface area (Å²) in [5.74, 6) is -3.33. The number of ether oxygens (including phenoxy) is 1. The molecule has 3 N–H and O–H groups in total. The van der Waals surface area contributed by atoms with Crippen LogP contribution in [-0.2, 0) is 15.8 Å². The van der Waals surface area contributed by atoms with Gasteiger partial charge in [-0.15, -0.1) is 0 Å². The van der Waals surface area contributed by atoms with Gasteiger partial charge in [0.05, 0.1) is 16.9 Å². The van der Waals surface area contributed by atoms with Crippen molar-refractivity contribution in [2.45, 2.75) is 31.6 Å². The Morgan fingerprint density at radius 1 is 0.979 bits per heavy atom. The van der Waals surface area contributed by atoms with E-state index in [9.17, 15) is 27.1 Å². The van der Waals surface area contributed by atoms with Crippen molar-refractivity contribution in [2.24, 2.45) is 0 Å². The highest BCUT2D eigenvalue weighted by atomic mass is 32.2. The molecule has 0 spiro atoms. The van der Waals surface area contributed by atoms with Crippen molar-refractivity contribution in [2.75, 3.05) is 23.1 Å². The van der Waals surface area contributed by atoms with Crippen molar-refractivity contribution in [1.82, 2.24) is 19.9 Å². The summed E-state index contributed by atoms with van der Waals surface area (Å²) in [6.45, 7) is 2.51. The quantitative estimate of drug-likeness (QED) is 0.155. The van der Waals surface area contributed by atoms with Crippen LogP contribution in [0, 0.1) is 24.4 Å². The van der Waals surface area contributed by atoms with Gasteiger partial charge in [-0.05, 0) is 67.8 Å². The van der Waals surface area contributed by atoms with Crippen LogP contribution >= 0.6 is 0 Å². The van der Waals surface area contributed by atoms with E-state index >= 15 is 4.39 Å². The fourth-order valence-electron chi connectivity index (χ4n) is 5.54. The summed E-state index contributed by atoms with van der Waals surface area (Å²) >= 11 is 0. The maximum Gasteiger partial charge on any atom is 0.407 e. The van der Waals surface area contributed by atoms with E-state index in [1.165, 1.54) is 23.2 Å². The molecule has 0 saturated carbocycles. The maximum absolute atomic E-state index is 15.2. The van der Waals surface area contributed by atoms with E-state index in [-0.39, 0.29) is 23.1 Å².